The van der Waals surface area contributed by atoms with Crippen molar-refractivity contribution in [2.45, 2.75) is 45.3 Å². The fraction of sp³-hybridized carbons (Fsp3) is 0.700. The fourth-order valence-corrected chi connectivity index (χ4v) is 2.01. The van der Waals surface area contributed by atoms with E-state index in [2.05, 4.69) is 5.10 Å². The smallest absolute Gasteiger partial charge is 0.260 e. The Morgan fingerprint density at radius 1 is 1.38 bits per heavy atom. The van der Waals surface area contributed by atoms with E-state index in [0.29, 0.717) is 23.4 Å². The van der Waals surface area contributed by atoms with E-state index in [1.54, 1.807) is 13.8 Å². The van der Waals surface area contributed by atoms with Gasteiger partial charge in [-0.05, 0) is 20.3 Å². The number of aromatic nitrogens is 2. The number of aryl methyl sites for hydroxylation is 1. The molecule has 16 heavy (non-hydrogen) atoms. The Balaban J connectivity index is 3.07. The Labute approximate surface area is 97.4 Å². The highest BCUT2D eigenvalue weighted by Gasteiger charge is 2.30. The number of nitrogens with zero attached hydrogens (tertiary/aromatic N) is 2. The molecule has 0 saturated carbocycles. The number of alkyl halides is 4. The summed E-state index contributed by atoms with van der Waals surface area (Å²) < 4.78 is 37.7. The van der Waals surface area contributed by atoms with Crippen LogP contribution in [0.3, 0.4) is 0 Å². The third-order valence-electron chi connectivity index (χ3n) is 2.44. The van der Waals surface area contributed by atoms with Gasteiger partial charge in [0, 0.05) is 11.3 Å². The van der Waals surface area contributed by atoms with Crippen molar-refractivity contribution in [2.24, 2.45) is 0 Å². The number of hydrogen-bond acceptors (Lipinski definition) is 1. The molecular formula is C10H14ClF3N2. The van der Waals surface area contributed by atoms with Gasteiger partial charge in [-0.25, -0.2) is 0 Å². The minimum atomic E-state index is -4.26. The highest BCUT2D eigenvalue weighted by atomic mass is 35.5. The van der Waals surface area contributed by atoms with Crippen LogP contribution in [-0.2, 0) is 6.54 Å². The first-order valence-corrected chi connectivity index (χ1v) is 5.44. The minimum absolute atomic E-state index is 0.276. The lowest BCUT2D eigenvalue weighted by Gasteiger charge is -2.10. The molecule has 0 radical (unpaired) electrons. The van der Waals surface area contributed by atoms with Gasteiger partial charge in [0.25, 0.3) is 0 Å². The van der Waals surface area contributed by atoms with E-state index in [0.717, 1.165) is 4.68 Å². The monoisotopic (exact) mass is 254 g/mol. The van der Waals surface area contributed by atoms with Gasteiger partial charge >= 0.3 is 6.18 Å². The van der Waals surface area contributed by atoms with Crippen LogP contribution in [-0.4, -0.2) is 16.0 Å². The largest absolute Gasteiger partial charge is 0.408 e. The van der Waals surface area contributed by atoms with Crippen molar-refractivity contribution in [2.75, 3.05) is 0 Å². The molecule has 0 spiro atoms. The lowest BCUT2D eigenvalue weighted by Crippen LogP contribution is -2.19. The summed E-state index contributed by atoms with van der Waals surface area (Å²) in [4.78, 5) is 0. The Bertz CT molecular complexity index is 371. The first kappa shape index (κ1) is 13.4. The number of rotatable bonds is 3. The molecule has 0 aliphatic carbocycles. The highest BCUT2D eigenvalue weighted by Crippen LogP contribution is 2.30. The van der Waals surface area contributed by atoms with Gasteiger partial charge in [0.2, 0.25) is 0 Å². The van der Waals surface area contributed by atoms with Crippen LogP contribution in [0.25, 0.3) is 0 Å². The van der Waals surface area contributed by atoms with Crippen molar-refractivity contribution in [1.29, 1.82) is 0 Å². The van der Waals surface area contributed by atoms with Crippen LogP contribution >= 0.6 is 11.6 Å². The van der Waals surface area contributed by atoms with Crippen LogP contribution in [0.2, 0.25) is 0 Å². The zero-order chi connectivity index (χ0) is 12.5. The Hall–Kier alpha value is -0.710. The van der Waals surface area contributed by atoms with E-state index >= 15 is 0 Å². The Kier molecular flexibility index (Phi) is 3.88. The highest BCUT2D eigenvalue weighted by molar-refractivity contribution is 6.20. The van der Waals surface area contributed by atoms with Gasteiger partial charge in [-0.2, -0.15) is 18.3 Å². The summed E-state index contributed by atoms with van der Waals surface area (Å²) in [7, 11) is 0. The topological polar surface area (TPSA) is 17.8 Å². The van der Waals surface area contributed by atoms with Gasteiger partial charge in [0.1, 0.15) is 6.54 Å². The molecule has 0 bridgehead atoms. The van der Waals surface area contributed by atoms with Crippen LogP contribution < -0.4 is 0 Å². The molecule has 0 N–H and O–H groups in total. The predicted molar refractivity (Wildman–Crippen MR) is 56.6 cm³/mol. The first-order chi connectivity index (χ1) is 7.26. The summed E-state index contributed by atoms with van der Waals surface area (Å²) in [6.45, 7) is 4.12. The van der Waals surface area contributed by atoms with E-state index in [-0.39, 0.29) is 5.38 Å². The summed E-state index contributed by atoms with van der Waals surface area (Å²) in [6, 6.07) is 0. The third-order valence-corrected chi connectivity index (χ3v) is 2.96. The Morgan fingerprint density at radius 3 is 2.38 bits per heavy atom. The van der Waals surface area contributed by atoms with Crippen molar-refractivity contribution in [3.8, 4) is 0 Å². The fourth-order valence-electron chi connectivity index (χ4n) is 1.69. The quantitative estimate of drug-likeness (QED) is 0.751. The lowest BCUT2D eigenvalue weighted by molar-refractivity contribution is -0.142. The second kappa shape index (κ2) is 4.65. The average molecular weight is 255 g/mol. The molecule has 1 unspecified atom stereocenters. The van der Waals surface area contributed by atoms with Crippen LogP contribution in [0.5, 0.6) is 0 Å². The summed E-state index contributed by atoms with van der Waals surface area (Å²) >= 11 is 6.05. The van der Waals surface area contributed by atoms with Gasteiger partial charge in [-0.15, -0.1) is 11.6 Å². The zero-order valence-corrected chi connectivity index (χ0v) is 10.2. The first-order valence-electron chi connectivity index (χ1n) is 5.01. The van der Waals surface area contributed by atoms with E-state index in [9.17, 15) is 13.2 Å². The maximum absolute atomic E-state index is 12.3. The van der Waals surface area contributed by atoms with Gasteiger partial charge in [0.05, 0.1) is 11.1 Å². The van der Waals surface area contributed by atoms with Crippen LogP contribution in [0, 0.1) is 13.8 Å². The SMILES string of the molecule is CCC(Cl)c1c(C)nn(CC(F)(F)F)c1C. The van der Waals surface area contributed by atoms with Crippen molar-refractivity contribution in [3.05, 3.63) is 17.0 Å². The summed E-state index contributed by atoms with van der Waals surface area (Å²) in [5.74, 6) is 0. The molecule has 0 amide bonds. The van der Waals surface area contributed by atoms with E-state index < -0.39 is 12.7 Å². The van der Waals surface area contributed by atoms with Crippen LogP contribution in [0.1, 0.15) is 35.7 Å². The third kappa shape index (κ3) is 2.90. The molecule has 0 aliphatic heterocycles. The number of halogens is 4. The van der Waals surface area contributed by atoms with Gasteiger partial charge in [0.15, 0.2) is 0 Å². The second-order valence-corrected chi connectivity index (χ2v) is 4.26. The molecule has 0 aromatic carbocycles. The second-order valence-electron chi connectivity index (χ2n) is 3.73. The molecule has 0 saturated heterocycles. The summed E-state index contributed by atoms with van der Waals surface area (Å²) in [6.07, 6.45) is -3.59. The van der Waals surface area contributed by atoms with Crippen LogP contribution in [0.15, 0.2) is 0 Å². The molecule has 1 aromatic heterocycles. The zero-order valence-electron chi connectivity index (χ0n) is 9.40. The van der Waals surface area contributed by atoms with E-state index in [1.807, 2.05) is 6.92 Å². The normalized spacial score (nSPS) is 14.2. The summed E-state index contributed by atoms with van der Waals surface area (Å²) in [5.41, 5.74) is 1.79. The molecule has 0 aliphatic rings. The van der Waals surface area contributed by atoms with Gasteiger partial charge < -0.3 is 0 Å². The average Bonchev–Trinajstić information content (AvgIpc) is 2.38. The summed E-state index contributed by atoms with van der Waals surface area (Å²) in [5, 5.41) is 3.60. The molecule has 1 aromatic rings. The molecule has 1 heterocycles. The van der Waals surface area contributed by atoms with Crippen molar-refractivity contribution >= 4 is 11.6 Å². The van der Waals surface area contributed by atoms with Crippen molar-refractivity contribution < 1.29 is 13.2 Å². The molecular weight excluding hydrogens is 241 g/mol. The predicted octanol–water partition coefficient (Wildman–Crippen LogP) is 3.75. The molecule has 1 rings (SSSR count). The maximum Gasteiger partial charge on any atom is 0.408 e. The minimum Gasteiger partial charge on any atom is -0.260 e. The van der Waals surface area contributed by atoms with Gasteiger partial charge in [-0.3, -0.25) is 4.68 Å². The standard InChI is InChI=1S/C10H14ClF3N2/c1-4-8(11)9-6(2)15-16(7(9)3)5-10(12,13)14/h8H,4-5H2,1-3H3. The van der Waals surface area contributed by atoms with Crippen molar-refractivity contribution in [1.82, 2.24) is 9.78 Å². The van der Waals surface area contributed by atoms with E-state index in [4.69, 9.17) is 11.6 Å². The van der Waals surface area contributed by atoms with E-state index in [1.165, 1.54) is 0 Å². The molecule has 6 heteroatoms. The molecule has 0 fully saturated rings. The molecule has 1 atom stereocenters. The number of hydrogen-bond donors (Lipinski definition) is 0. The molecule has 2 nitrogen and oxygen atoms in total. The van der Waals surface area contributed by atoms with Gasteiger partial charge in [-0.1, -0.05) is 6.92 Å². The van der Waals surface area contributed by atoms with Crippen LogP contribution in [0.4, 0.5) is 13.2 Å². The molecule has 92 valence electrons. The Morgan fingerprint density at radius 2 is 1.94 bits per heavy atom. The van der Waals surface area contributed by atoms with Crippen molar-refractivity contribution in [3.63, 3.8) is 0 Å². The maximum atomic E-state index is 12.3. The lowest BCUT2D eigenvalue weighted by atomic mass is 10.1.